The summed E-state index contributed by atoms with van der Waals surface area (Å²) in [5.74, 6) is 2.65. The molecule has 0 aliphatic carbocycles. The maximum Gasteiger partial charge on any atom is 0.119 e. The first-order valence-corrected chi connectivity index (χ1v) is 7.24. The van der Waals surface area contributed by atoms with E-state index >= 15 is 0 Å². The van der Waals surface area contributed by atoms with E-state index in [0.29, 0.717) is 0 Å². The van der Waals surface area contributed by atoms with Gasteiger partial charge in [-0.15, -0.1) is 10.2 Å². The SMILES string of the molecule is c1nncn1CCCCNC1CCCSC1. The van der Waals surface area contributed by atoms with E-state index in [1.54, 1.807) is 12.7 Å². The predicted octanol–water partition coefficient (Wildman–Crippen LogP) is 1.54. The Kier molecular flexibility index (Phi) is 5.15. The molecule has 0 amide bonds. The first-order chi connectivity index (χ1) is 7.95. The molecule has 1 unspecified atom stereocenters. The zero-order chi connectivity index (χ0) is 11.1. The van der Waals surface area contributed by atoms with E-state index in [1.165, 1.54) is 37.2 Å². The van der Waals surface area contributed by atoms with Gasteiger partial charge in [-0.3, -0.25) is 0 Å². The number of nitrogens with zero attached hydrogens (tertiary/aromatic N) is 3. The van der Waals surface area contributed by atoms with Crippen molar-refractivity contribution in [2.24, 2.45) is 0 Å². The Hall–Kier alpha value is -0.550. The molecule has 1 aliphatic rings. The lowest BCUT2D eigenvalue weighted by atomic mass is 10.2. The van der Waals surface area contributed by atoms with Gasteiger partial charge in [0.2, 0.25) is 0 Å². The summed E-state index contributed by atoms with van der Waals surface area (Å²) in [6.07, 6.45) is 8.74. The molecular formula is C11H20N4S. The number of hydrogen-bond donors (Lipinski definition) is 1. The number of rotatable bonds is 6. The summed E-state index contributed by atoms with van der Waals surface area (Å²) in [5, 5.41) is 11.2. The van der Waals surface area contributed by atoms with Crippen LogP contribution in [0.2, 0.25) is 0 Å². The van der Waals surface area contributed by atoms with Crippen molar-refractivity contribution in [3.05, 3.63) is 12.7 Å². The van der Waals surface area contributed by atoms with Gasteiger partial charge >= 0.3 is 0 Å². The second kappa shape index (κ2) is 6.91. The predicted molar refractivity (Wildman–Crippen MR) is 67.6 cm³/mol. The monoisotopic (exact) mass is 240 g/mol. The lowest BCUT2D eigenvalue weighted by molar-refractivity contribution is 0.484. The highest BCUT2D eigenvalue weighted by atomic mass is 32.2. The Morgan fingerprint density at radius 2 is 2.19 bits per heavy atom. The third-order valence-corrected chi connectivity index (χ3v) is 4.12. The number of aryl methyl sites for hydroxylation is 1. The van der Waals surface area contributed by atoms with Crippen LogP contribution in [0.15, 0.2) is 12.7 Å². The molecule has 2 heterocycles. The van der Waals surface area contributed by atoms with Crippen LogP contribution in [0.4, 0.5) is 0 Å². The average Bonchev–Trinajstić information content (AvgIpc) is 2.83. The van der Waals surface area contributed by atoms with Crippen LogP contribution in [-0.2, 0) is 6.54 Å². The molecule has 1 fully saturated rings. The van der Waals surface area contributed by atoms with Crippen LogP contribution < -0.4 is 5.32 Å². The van der Waals surface area contributed by atoms with Crippen molar-refractivity contribution in [1.82, 2.24) is 20.1 Å². The highest BCUT2D eigenvalue weighted by Gasteiger charge is 2.11. The summed E-state index contributed by atoms with van der Waals surface area (Å²) in [6.45, 7) is 2.18. The third-order valence-electron chi connectivity index (χ3n) is 2.90. The molecule has 0 radical (unpaired) electrons. The first-order valence-electron chi connectivity index (χ1n) is 6.09. The first kappa shape index (κ1) is 11.9. The van der Waals surface area contributed by atoms with Gasteiger partial charge in [-0.25, -0.2) is 0 Å². The summed E-state index contributed by atoms with van der Waals surface area (Å²) in [7, 11) is 0. The highest BCUT2D eigenvalue weighted by Crippen LogP contribution is 2.16. The minimum atomic E-state index is 0.758. The van der Waals surface area contributed by atoms with Crippen molar-refractivity contribution >= 4 is 11.8 Å². The van der Waals surface area contributed by atoms with Crippen LogP contribution in [0.1, 0.15) is 25.7 Å². The van der Waals surface area contributed by atoms with Crippen molar-refractivity contribution in [2.75, 3.05) is 18.1 Å². The number of aromatic nitrogens is 3. The molecule has 0 saturated carbocycles. The van der Waals surface area contributed by atoms with Crippen LogP contribution in [0.3, 0.4) is 0 Å². The molecule has 0 aromatic carbocycles. The molecule has 4 nitrogen and oxygen atoms in total. The van der Waals surface area contributed by atoms with Gasteiger partial charge in [-0.2, -0.15) is 11.8 Å². The summed E-state index contributed by atoms with van der Waals surface area (Å²) >= 11 is 2.08. The van der Waals surface area contributed by atoms with Crippen molar-refractivity contribution < 1.29 is 0 Å². The fraction of sp³-hybridized carbons (Fsp3) is 0.818. The molecule has 1 aromatic heterocycles. The molecule has 90 valence electrons. The molecule has 1 saturated heterocycles. The average molecular weight is 240 g/mol. The van der Waals surface area contributed by atoms with Crippen molar-refractivity contribution in [3.8, 4) is 0 Å². The number of unbranched alkanes of at least 4 members (excludes halogenated alkanes) is 1. The second-order valence-electron chi connectivity index (χ2n) is 4.28. The molecule has 1 aromatic rings. The Bertz CT molecular complexity index is 270. The van der Waals surface area contributed by atoms with E-state index in [-0.39, 0.29) is 0 Å². The van der Waals surface area contributed by atoms with E-state index in [2.05, 4.69) is 27.3 Å². The highest BCUT2D eigenvalue weighted by molar-refractivity contribution is 7.99. The molecule has 1 N–H and O–H groups in total. The van der Waals surface area contributed by atoms with Gasteiger partial charge < -0.3 is 9.88 Å². The largest absolute Gasteiger partial charge is 0.320 e. The number of thioether (sulfide) groups is 1. The van der Waals surface area contributed by atoms with E-state index in [0.717, 1.165) is 19.1 Å². The Balaban J connectivity index is 1.48. The molecule has 0 spiro atoms. The maximum atomic E-state index is 3.79. The summed E-state index contributed by atoms with van der Waals surface area (Å²) in [4.78, 5) is 0. The zero-order valence-electron chi connectivity index (χ0n) is 9.64. The number of nitrogens with one attached hydrogen (secondary N) is 1. The molecule has 0 bridgehead atoms. The quantitative estimate of drug-likeness (QED) is 0.766. The minimum absolute atomic E-state index is 0.758. The van der Waals surface area contributed by atoms with Crippen LogP contribution >= 0.6 is 11.8 Å². The van der Waals surface area contributed by atoms with E-state index in [9.17, 15) is 0 Å². The lowest BCUT2D eigenvalue weighted by Gasteiger charge is -2.22. The smallest absolute Gasteiger partial charge is 0.119 e. The molecule has 2 rings (SSSR count). The van der Waals surface area contributed by atoms with Crippen LogP contribution in [0, 0.1) is 0 Å². The van der Waals surface area contributed by atoms with Gasteiger partial charge in [0.1, 0.15) is 12.7 Å². The fourth-order valence-corrected chi connectivity index (χ4v) is 3.07. The van der Waals surface area contributed by atoms with E-state index in [4.69, 9.17) is 0 Å². The van der Waals surface area contributed by atoms with Crippen molar-refractivity contribution in [2.45, 2.75) is 38.3 Å². The molecule has 1 atom stereocenters. The Labute approximate surface area is 101 Å². The summed E-state index contributed by atoms with van der Waals surface area (Å²) in [5.41, 5.74) is 0. The molecule has 1 aliphatic heterocycles. The summed E-state index contributed by atoms with van der Waals surface area (Å²) in [6, 6.07) is 0.758. The van der Waals surface area contributed by atoms with Gasteiger partial charge in [0.25, 0.3) is 0 Å². The van der Waals surface area contributed by atoms with Gasteiger partial charge in [0, 0.05) is 18.3 Å². The second-order valence-corrected chi connectivity index (χ2v) is 5.42. The lowest BCUT2D eigenvalue weighted by Crippen LogP contribution is -2.34. The van der Waals surface area contributed by atoms with Gasteiger partial charge in [-0.05, 0) is 38.0 Å². The fourth-order valence-electron chi connectivity index (χ4n) is 1.96. The van der Waals surface area contributed by atoms with Crippen molar-refractivity contribution in [3.63, 3.8) is 0 Å². The standard InChI is InChI=1S/C11H20N4S/c1(2-6-15-9-13-14-10-15)5-12-11-4-3-7-16-8-11/h9-12H,1-8H2. The van der Waals surface area contributed by atoms with Crippen LogP contribution in [0.5, 0.6) is 0 Å². The van der Waals surface area contributed by atoms with Crippen LogP contribution in [-0.4, -0.2) is 38.9 Å². The third kappa shape index (κ3) is 4.14. The van der Waals surface area contributed by atoms with Crippen LogP contribution in [0.25, 0.3) is 0 Å². The summed E-state index contributed by atoms with van der Waals surface area (Å²) < 4.78 is 2.04. The Morgan fingerprint density at radius 3 is 2.94 bits per heavy atom. The van der Waals surface area contributed by atoms with Gasteiger partial charge in [0.15, 0.2) is 0 Å². The van der Waals surface area contributed by atoms with E-state index in [1.807, 2.05) is 4.57 Å². The van der Waals surface area contributed by atoms with Crippen molar-refractivity contribution in [1.29, 1.82) is 0 Å². The molecular weight excluding hydrogens is 220 g/mol. The Morgan fingerprint density at radius 1 is 1.31 bits per heavy atom. The number of hydrogen-bond acceptors (Lipinski definition) is 4. The maximum absolute atomic E-state index is 3.79. The van der Waals surface area contributed by atoms with Gasteiger partial charge in [-0.1, -0.05) is 0 Å². The minimum Gasteiger partial charge on any atom is -0.320 e. The zero-order valence-corrected chi connectivity index (χ0v) is 10.5. The topological polar surface area (TPSA) is 42.7 Å². The molecule has 5 heteroatoms. The van der Waals surface area contributed by atoms with Gasteiger partial charge in [0.05, 0.1) is 0 Å². The van der Waals surface area contributed by atoms with E-state index < -0.39 is 0 Å². The molecule has 16 heavy (non-hydrogen) atoms. The normalized spacial score (nSPS) is 21.1.